The quantitative estimate of drug-likeness (QED) is 0.243. The van der Waals surface area contributed by atoms with Gasteiger partial charge in [-0.25, -0.2) is 4.67 Å². The molecule has 0 aliphatic carbocycles. The molecule has 0 N–H and O–H groups in total. The van der Waals surface area contributed by atoms with Crippen LogP contribution in [0.25, 0.3) is 0 Å². The standard InChI is InChI=1S/C21H30N3O2PS2/c1-15(2)24(16(3)4)27(25-13-7-12-22)26-20-19(28-29-21(20,5)6)18-10-8-17(14-23)9-11-18/h8-11,15-16,19-20H,7,13H2,1-6H3/t19-,20-,27?/m0/s1. The van der Waals surface area contributed by atoms with Gasteiger partial charge in [0, 0.05) is 16.8 Å². The lowest BCUT2D eigenvalue weighted by molar-refractivity contribution is 0.114. The maximum atomic E-state index is 9.09. The van der Waals surface area contributed by atoms with Crippen molar-refractivity contribution in [3.8, 4) is 12.1 Å². The fourth-order valence-corrected chi connectivity index (χ4v) is 8.68. The Morgan fingerprint density at radius 2 is 1.76 bits per heavy atom. The third-order valence-electron chi connectivity index (χ3n) is 4.56. The van der Waals surface area contributed by atoms with Gasteiger partial charge in [0.2, 0.25) is 0 Å². The molecule has 0 saturated carbocycles. The number of rotatable bonds is 9. The molecule has 0 bridgehead atoms. The Balaban J connectivity index is 2.30. The number of hydrogen-bond acceptors (Lipinski definition) is 7. The number of nitriles is 2. The van der Waals surface area contributed by atoms with E-state index in [0.29, 0.717) is 18.6 Å². The maximum absolute atomic E-state index is 9.09. The summed E-state index contributed by atoms with van der Waals surface area (Å²) in [6.45, 7) is 13.4. The molecular weight excluding hydrogens is 421 g/mol. The van der Waals surface area contributed by atoms with Gasteiger partial charge in [0.15, 0.2) is 0 Å². The molecule has 8 heteroatoms. The van der Waals surface area contributed by atoms with Gasteiger partial charge >= 0.3 is 0 Å². The van der Waals surface area contributed by atoms with Crippen molar-refractivity contribution in [3.05, 3.63) is 35.4 Å². The van der Waals surface area contributed by atoms with Crippen LogP contribution in [0.3, 0.4) is 0 Å². The SMILES string of the molecule is CC(C)N(C(C)C)P(OCCC#N)O[C@H]1[C@H](c2ccc(C#N)cc2)SSC1(C)C. The summed E-state index contributed by atoms with van der Waals surface area (Å²) in [5.74, 6) is 0. The molecule has 1 unspecified atom stereocenters. The maximum Gasteiger partial charge on any atom is 0.259 e. The van der Waals surface area contributed by atoms with E-state index in [1.54, 1.807) is 0 Å². The van der Waals surface area contributed by atoms with E-state index in [2.05, 4.69) is 58.4 Å². The second-order valence-electron chi connectivity index (χ2n) is 8.01. The molecule has 1 heterocycles. The Bertz CT molecular complexity index is 736. The molecule has 1 aromatic rings. The van der Waals surface area contributed by atoms with Crippen molar-refractivity contribution in [2.24, 2.45) is 0 Å². The summed E-state index contributed by atoms with van der Waals surface area (Å²) in [4.78, 5) is 0. The van der Waals surface area contributed by atoms with E-state index >= 15 is 0 Å². The highest BCUT2D eigenvalue weighted by molar-refractivity contribution is 8.77. The van der Waals surface area contributed by atoms with Crippen LogP contribution in [0, 0.1) is 22.7 Å². The summed E-state index contributed by atoms with van der Waals surface area (Å²) in [7, 11) is 2.34. The predicted octanol–water partition coefficient (Wildman–Crippen LogP) is 6.43. The van der Waals surface area contributed by atoms with Gasteiger partial charge < -0.3 is 9.05 Å². The van der Waals surface area contributed by atoms with Gasteiger partial charge in [-0.05, 0) is 59.2 Å². The predicted molar refractivity (Wildman–Crippen MR) is 123 cm³/mol. The first kappa shape index (κ1) is 24.5. The van der Waals surface area contributed by atoms with Crippen LogP contribution in [-0.4, -0.2) is 34.2 Å². The molecule has 158 valence electrons. The molecular formula is C21H30N3O2PS2. The molecule has 29 heavy (non-hydrogen) atoms. The summed E-state index contributed by atoms with van der Waals surface area (Å²) >= 11 is 0. The van der Waals surface area contributed by atoms with Gasteiger partial charge in [0.1, 0.15) is 0 Å². The first-order chi connectivity index (χ1) is 13.7. The van der Waals surface area contributed by atoms with E-state index in [1.165, 1.54) is 0 Å². The van der Waals surface area contributed by atoms with Gasteiger partial charge in [0.25, 0.3) is 8.53 Å². The van der Waals surface area contributed by atoms with E-state index < -0.39 is 8.53 Å². The highest BCUT2D eigenvalue weighted by Crippen LogP contribution is 2.63. The first-order valence-corrected chi connectivity index (χ1v) is 13.1. The normalized spacial score (nSPS) is 22.0. The lowest BCUT2D eigenvalue weighted by atomic mass is 9.97. The lowest BCUT2D eigenvalue weighted by Gasteiger charge is -2.39. The van der Waals surface area contributed by atoms with Crippen LogP contribution >= 0.6 is 30.1 Å². The third-order valence-corrected chi connectivity index (χ3v) is 10.4. The largest absolute Gasteiger partial charge is 0.321 e. The topological polar surface area (TPSA) is 69.3 Å². The van der Waals surface area contributed by atoms with Crippen molar-refractivity contribution in [2.75, 3.05) is 6.61 Å². The van der Waals surface area contributed by atoms with Crippen molar-refractivity contribution in [2.45, 2.75) is 76.1 Å². The van der Waals surface area contributed by atoms with Crippen LogP contribution in [0.1, 0.15) is 64.3 Å². The van der Waals surface area contributed by atoms with E-state index in [1.807, 2.05) is 45.9 Å². The fraction of sp³-hybridized carbons (Fsp3) is 0.619. The zero-order valence-electron chi connectivity index (χ0n) is 18.0. The second-order valence-corrected chi connectivity index (χ2v) is 12.4. The Labute approximate surface area is 184 Å². The molecule has 3 atom stereocenters. The average molecular weight is 452 g/mol. The number of benzene rings is 1. The van der Waals surface area contributed by atoms with Crippen LogP contribution in [0.2, 0.25) is 0 Å². The minimum absolute atomic E-state index is 0.0568. The van der Waals surface area contributed by atoms with Gasteiger partial charge in [-0.15, -0.1) is 0 Å². The average Bonchev–Trinajstić information content (AvgIpc) is 2.96. The Kier molecular flexibility index (Phi) is 9.29. The minimum atomic E-state index is -1.31. The molecule has 2 rings (SSSR count). The molecule has 1 aliphatic rings. The molecule has 0 spiro atoms. The minimum Gasteiger partial charge on any atom is -0.321 e. The Morgan fingerprint density at radius 1 is 1.14 bits per heavy atom. The molecule has 1 aromatic carbocycles. The van der Waals surface area contributed by atoms with Crippen molar-refractivity contribution in [3.63, 3.8) is 0 Å². The second kappa shape index (κ2) is 11.0. The van der Waals surface area contributed by atoms with Crippen LogP contribution in [0.5, 0.6) is 0 Å². The van der Waals surface area contributed by atoms with Crippen LogP contribution in [0.15, 0.2) is 24.3 Å². The van der Waals surface area contributed by atoms with E-state index in [0.717, 1.165) is 5.56 Å². The summed E-state index contributed by atoms with van der Waals surface area (Å²) in [6, 6.07) is 12.6. The molecule has 0 radical (unpaired) electrons. The highest BCUT2D eigenvalue weighted by atomic mass is 33.1. The molecule has 1 saturated heterocycles. The van der Waals surface area contributed by atoms with Crippen molar-refractivity contribution in [1.29, 1.82) is 10.5 Å². The number of nitrogens with zero attached hydrogens (tertiary/aromatic N) is 3. The van der Waals surface area contributed by atoms with Crippen molar-refractivity contribution < 1.29 is 9.05 Å². The monoisotopic (exact) mass is 451 g/mol. The smallest absolute Gasteiger partial charge is 0.259 e. The summed E-state index contributed by atoms with van der Waals surface area (Å²) < 4.78 is 15.0. The lowest BCUT2D eigenvalue weighted by Crippen LogP contribution is -2.39. The summed E-state index contributed by atoms with van der Waals surface area (Å²) in [6.07, 6.45) is 0.293. The van der Waals surface area contributed by atoms with E-state index in [9.17, 15) is 0 Å². The molecule has 1 fully saturated rings. The van der Waals surface area contributed by atoms with Crippen LogP contribution < -0.4 is 0 Å². The molecule has 0 aromatic heterocycles. The van der Waals surface area contributed by atoms with E-state index in [-0.39, 0.29) is 28.2 Å². The summed E-state index contributed by atoms with van der Waals surface area (Å²) in [5.41, 5.74) is 1.82. The Morgan fingerprint density at radius 3 is 2.28 bits per heavy atom. The van der Waals surface area contributed by atoms with Gasteiger partial charge in [-0.2, -0.15) is 10.5 Å². The van der Waals surface area contributed by atoms with Crippen LogP contribution in [0.4, 0.5) is 0 Å². The van der Waals surface area contributed by atoms with E-state index in [4.69, 9.17) is 19.6 Å². The van der Waals surface area contributed by atoms with Crippen molar-refractivity contribution >= 4 is 30.1 Å². The molecule has 5 nitrogen and oxygen atoms in total. The number of hydrogen-bond donors (Lipinski definition) is 0. The van der Waals surface area contributed by atoms with Gasteiger partial charge in [-0.3, -0.25) is 0 Å². The van der Waals surface area contributed by atoms with Crippen LogP contribution in [-0.2, 0) is 9.05 Å². The highest BCUT2D eigenvalue weighted by Gasteiger charge is 2.48. The zero-order valence-corrected chi connectivity index (χ0v) is 20.5. The van der Waals surface area contributed by atoms with Gasteiger partial charge in [0.05, 0.1) is 42.1 Å². The van der Waals surface area contributed by atoms with Gasteiger partial charge in [-0.1, -0.05) is 33.7 Å². The third kappa shape index (κ3) is 6.34. The first-order valence-electron chi connectivity index (χ1n) is 9.80. The molecule has 0 amide bonds. The fourth-order valence-electron chi connectivity index (χ4n) is 3.19. The van der Waals surface area contributed by atoms with Crippen molar-refractivity contribution in [1.82, 2.24) is 4.67 Å². The molecule has 1 aliphatic heterocycles. The Hall–Kier alpha value is -0.790. The zero-order chi connectivity index (χ0) is 21.6. The summed E-state index contributed by atoms with van der Waals surface area (Å²) in [5, 5.41) is 18.2.